The van der Waals surface area contributed by atoms with Crippen LogP contribution >= 0.6 is 27.5 Å². The number of hydrogen-bond donors (Lipinski definition) is 2. The van der Waals surface area contributed by atoms with E-state index in [-0.39, 0.29) is 16.3 Å². The SMILES string of the molecule is O=C(Nc1cc(Br)c[nH]c1=O)c1c(F)cccc1Cl. The smallest absolute Gasteiger partial charge is 0.271 e. The van der Waals surface area contributed by atoms with E-state index in [2.05, 4.69) is 26.2 Å². The maximum absolute atomic E-state index is 13.5. The third-order valence-corrected chi connectivity index (χ3v) is 3.08. The second-order valence-electron chi connectivity index (χ2n) is 3.61. The average molecular weight is 346 g/mol. The van der Waals surface area contributed by atoms with Crippen LogP contribution in [0, 0.1) is 5.82 Å². The van der Waals surface area contributed by atoms with Gasteiger partial charge in [0.05, 0.1) is 10.6 Å². The van der Waals surface area contributed by atoms with Crippen LogP contribution in [0.4, 0.5) is 10.1 Å². The van der Waals surface area contributed by atoms with E-state index in [4.69, 9.17) is 11.6 Å². The average Bonchev–Trinajstić information content (AvgIpc) is 2.33. The van der Waals surface area contributed by atoms with E-state index >= 15 is 0 Å². The number of aromatic nitrogens is 1. The van der Waals surface area contributed by atoms with E-state index in [0.717, 1.165) is 6.07 Å². The molecule has 1 aromatic carbocycles. The summed E-state index contributed by atoms with van der Waals surface area (Å²) < 4.78 is 14.1. The predicted molar refractivity (Wildman–Crippen MR) is 74.1 cm³/mol. The zero-order valence-corrected chi connectivity index (χ0v) is 11.7. The van der Waals surface area contributed by atoms with Crippen LogP contribution in [0.15, 0.2) is 39.7 Å². The summed E-state index contributed by atoms with van der Waals surface area (Å²) in [6.45, 7) is 0. The van der Waals surface area contributed by atoms with Crippen molar-refractivity contribution in [2.75, 3.05) is 5.32 Å². The molecule has 0 fully saturated rings. The number of amides is 1. The van der Waals surface area contributed by atoms with E-state index < -0.39 is 17.3 Å². The fraction of sp³-hybridized carbons (Fsp3) is 0. The Morgan fingerprint density at radius 1 is 1.42 bits per heavy atom. The van der Waals surface area contributed by atoms with Gasteiger partial charge in [0.15, 0.2) is 0 Å². The molecule has 0 atom stereocenters. The van der Waals surface area contributed by atoms with Gasteiger partial charge in [0.25, 0.3) is 11.5 Å². The van der Waals surface area contributed by atoms with E-state index in [0.29, 0.717) is 4.47 Å². The minimum Gasteiger partial charge on any atom is -0.326 e. The maximum atomic E-state index is 13.5. The van der Waals surface area contributed by atoms with Crippen LogP contribution in [0.1, 0.15) is 10.4 Å². The molecule has 0 spiro atoms. The van der Waals surface area contributed by atoms with Crippen molar-refractivity contribution in [3.05, 3.63) is 61.7 Å². The Balaban J connectivity index is 2.36. The molecule has 2 rings (SSSR count). The molecule has 0 aliphatic carbocycles. The predicted octanol–water partition coefficient (Wildman–Crippen LogP) is 3.18. The molecule has 98 valence electrons. The minimum atomic E-state index is -0.785. The van der Waals surface area contributed by atoms with Crippen molar-refractivity contribution >= 4 is 39.1 Å². The molecule has 1 heterocycles. The molecule has 2 N–H and O–H groups in total. The first-order valence-corrected chi connectivity index (χ1v) is 6.29. The summed E-state index contributed by atoms with van der Waals surface area (Å²) in [6.07, 6.45) is 1.42. The lowest BCUT2D eigenvalue weighted by molar-refractivity contribution is 0.102. The van der Waals surface area contributed by atoms with Gasteiger partial charge < -0.3 is 10.3 Å². The van der Waals surface area contributed by atoms with Crippen LogP contribution in [0.5, 0.6) is 0 Å². The topological polar surface area (TPSA) is 62.0 Å². The highest BCUT2D eigenvalue weighted by atomic mass is 79.9. The van der Waals surface area contributed by atoms with Crippen LogP contribution in [0.25, 0.3) is 0 Å². The Morgan fingerprint density at radius 2 is 2.16 bits per heavy atom. The van der Waals surface area contributed by atoms with E-state index in [9.17, 15) is 14.0 Å². The summed E-state index contributed by atoms with van der Waals surface area (Å²) in [5.41, 5.74) is -0.800. The molecule has 1 amide bonds. The molecule has 0 aliphatic heterocycles. The molecule has 0 radical (unpaired) electrons. The maximum Gasteiger partial charge on any atom is 0.271 e. The Labute approximate surface area is 120 Å². The van der Waals surface area contributed by atoms with Crippen molar-refractivity contribution in [2.45, 2.75) is 0 Å². The van der Waals surface area contributed by atoms with E-state index in [1.807, 2.05) is 0 Å². The lowest BCUT2D eigenvalue weighted by Crippen LogP contribution is -2.20. The first-order valence-electron chi connectivity index (χ1n) is 5.12. The van der Waals surface area contributed by atoms with Gasteiger partial charge in [-0.05, 0) is 34.1 Å². The normalized spacial score (nSPS) is 10.3. The Hall–Kier alpha value is -1.66. The number of benzene rings is 1. The summed E-state index contributed by atoms with van der Waals surface area (Å²) in [5.74, 6) is -1.54. The highest BCUT2D eigenvalue weighted by Gasteiger charge is 2.16. The zero-order chi connectivity index (χ0) is 14.0. The number of carbonyl (C=O) groups excluding carboxylic acids is 1. The standard InChI is InChI=1S/C12H7BrClFN2O2/c13-6-4-9(11(18)16-5-6)17-12(19)10-7(14)2-1-3-8(10)15/h1-5H,(H,16,18)(H,17,19). The third-order valence-electron chi connectivity index (χ3n) is 2.31. The highest BCUT2D eigenvalue weighted by molar-refractivity contribution is 9.10. The number of nitrogens with one attached hydrogen (secondary N) is 2. The number of halogens is 3. The molecule has 0 unspecified atom stereocenters. The van der Waals surface area contributed by atoms with Crippen LogP contribution in [0.2, 0.25) is 5.02 Å². The van der Waals surface area contributed by atoms with Crippen LogP contribution in [-0.4, -0.2) is 10.9 Å². The Morgan fingerprint density at radius 3 is 2.84 bits per heavy atom. The van der Waals surface area contributed by atoms with E-state index in [1.165, 1.54) is 24.4 Å². The molecule has 1 aromatic heterocycles. The number of H-pyrrole nitrogens is 1. The lowest BCUT2D eigenvalue weighted by atomic mass is 10.2. The first kappa shape index (κ1) is 13.8. The minimum absolute atomic E-state index is 0.00121. The summed E-state index contributed by atoms with van der Waals surface area (Å²) in [7, 11) is 0. The highest BCUT2D eigenvalue weighted by Crippen LogP contribution is 2.20. The fourth-order valence-corrected chi connectivity index (χ4v) is 2.04. The first-order chi connectivity index (χ1) is 8.99. The number of pyridine rings is 1. The fourth-order valence-electron chi connectivity index (χ4n) is 1.45. The van der Waals surface area contributed by atoms with Crippen molar-refractivity contribution in [3.63, 3.8) is 0 Å². The molecule has 2 aromatic rings. The second-order valence-corrected chi connectivity index (χ2v) is 4.93. The van der Waals surface area contributed by atoms with Crippen LogP contribution in [0.3, 0.4) is 0 Å². The van der Waals surface area contributed by atoms with Crippen molar-refractivity contribution in [2.24, 2.45) is 0 Å². The number of aromatic amines is 1. The second kappa shape index (κ2) is 5.54. The molecule has 0 saturated carbocycles. The van der Waals surface area contributed by atoms with E-state index in [1.54, 1.807) is 0 Å². The molecule has 0 bridgehead atoms. The molecular weight excluding hydrogens is 338 g/mol. The Bertz CT molecular complexity index is 682. The van der Waals surface area contributed by atoms with Gasteiger partial charge in [-0.3, -0.25) is 9.59 Å². The van der Waals surface area contributed by atoms with Crippen molar-refractivity contribution in [3.8, 4) is 0 Å². The van der Waals surface area contributed by atoms with Gasteiger partial charge in [-0.15, -0.1) is 0 Å². The quantitative estimate of drug-likeness (QED) is 0.878. The van der Waals surface area contributed by atoms with Crippen molar-refractivity contribution < 1.29 is 9.18 Å². The molecule has 7 heteroatoms. The van der Waals surface area contributed by atoms with Gasteiger partial charge in [0.2, 0.25) is 0 Å². The van der Waals surface area contributed by atoms with Gasteiger partial charge in [0, 0.05) is 10.7 Å². The molecule has 0 aliphatic rings. The zero-order valence-electron chi connectivity index (χ0n) is 9.34. The molecule has 4 nitrogen and oxygen atoms in total. The van der Waals surface area contributed by atoms with Gasteiger partial charge in [0.1, 0.15) is 11.5 Å². The number of anilines is 1. The summed E-state index contributed by atoms with van der Waals surface area (Å²) in [6, 6.07) is 5.31. The van der Waals surface area contributed by atoms with Crippen LogP contribution in [-0.2, 0) is 0 Å². The summed E-state index contributed by atoms with van der Waals surface area (Å²) in [4.78, 5) is 25.8. The summed E-state index contributed by atoms with van der Waals surface area (Å²) >= 11 is 8.92. The van der Waals surface area contributed by atoms with Crippen molar-refractivity contribution in [1.29, 1.82) is 0 Å². The van der Waals surface area contributed by atoms with Gasteiger partial charge in [-0.2, -0.15) is 0 Å². The molecular formula is C12H7BrClFN2O2. The number of hydrogen-bond acceptors (Lipinski definition) is 2. The van der Waals surface area contributed by atoms with Crippen molar-refractivity contribution in [1.82, 2.24) is 4.98 Å². The lowest BCUT2D eigenvalue weighted by Gasteiger charge is -2.07. The largest absolute Gasteiger partial charge is 0.326 e. The van der Waals surface area contributed by atoms with Gasteiger partial charge in [-0.1, -0.05) is 17.7 Å². The van der Waals surface area contributed by atoms with Gasteiger partial charge in [-0.25, -0.2) is 4.39 Å². The Kier molecular flexibility index (Phi) is 4.01. The number of carbonyl (C=O) groups is 1. The third kappa shape index (κ3) is 3.02. The van der Waals surface area contributed by atoms with Gasteiger partial charge >= 0.3 is 0 Å². The van der Waals surface area contributed by atoms with Crippen LogP contribution < -0.4 is 10.9 Å². The summed E-state index contributed by atoms with van der Waals surface area (Å²) in [5, 5.41) is 2.29. The molecule has 19 heavy (non-hydrogen) atoms. The number of rotatable bonds is 2. The molecule has 0 saturated heterocycles. The monoisotopic (exact) mass is 344 g/mol.